The molecule has 3 fully saturated rings. The van der Waals surface area contributed by atoms with Crippen LogP contribution < -0.4 is 0 Å². The molecule has 6 atom stereocenters. The maximum absolute atomic E-state index is 11.8. The molecule has 0 spiro atoms. The fourth-order valence-electron chi connectivity index (χ4n) is 3.73. The van der Waals surface area contributed by atoms with Gasteiger partial charge in [-0.05, 0) is 20.8 Å². The molecule has 0 radical (unpaired) electrons. The molecule has 6 nitrogen and oxygen atoms in total. The van der Waals surface area contributed by atoms with E-state index in [0.29, 0.717) is 13.0 Å². The molecule has 3 aliphatic rings. The highest BCUT2D eigenvalue weighted by atomic mass is 16.8. The normalized spacial score (nSPS) is 44.6. The van der Waals surface area contributed by atoms with Crippen LogP contribution in [0.4, 0.5) is 0 Å². The van der Waals surface area contributed by atoms with Crippen molar-refractivity contribution in [2.24, 2.45) is 11.8 Å². The molecule has 2 heterocycles. The Morgan fingerprint density at radius 1 is 1.20 bits per heavy atom. The molecule has 0 aromatic carbocycles. The van der Waals surface area contributed by atoms with Crippen molar-refractivity contribution in [1.82, 2.24) is 0 Å². The number of ether oxygens (including phenoxy) is 5. The second-order valence-electron chi connectivity index (χ2n) is 6.02. The molecule has 20 heavy (non-hydrogen) atoms. The minimum absolute atomic E-state index is 0.0150. The molecule has 6 heteroatoms. The topological polar surface area (TPSA) is 63.2 Å². The van der Waals surface area contributed by atoms with Crippen molar-refractivity contribution in [3.8, 4) is 0 Å². The summed E-state index contributed by atoms with van der Waals surface area (Å²) in [6, 6.07) is 0. The maximum atomic E-state index is 11.8. The Balaban J connectivity index is 1.76. The van der Waals surface area contributed by atoms with E-state index in [1.165, 1.54) is 0 Å². The highest BCUT2D eigenvalue weighted by Gasteiger charge is 2.66. The van der Waals surface area contributed by atoms with Crippen molar-refractivity contribution in [3.63, 3.8) is 0 Å². The molecule has 3 rings (SSSR count). The second kappa shape index (κ2) is 4.94. The minimum Gasteiger partial charge on any atom is -0.466 e. The van der Waals surface area contributed by atoms with Crippen molar-refractivity contribution in [2.75, 3.05) is 13.7 Å². The van der Waals surface area contributed by atoms with Gasteiger partial charge in [0.2, 0.25) is 0 Å². The van der Waals surface area contributed by atoms with Gasteiger partial charge in [-0.3, -0.25) is 4.79 Å². The molecular formula is C14H22O6. The summed E-state index contributed by atoms with van der Waals surface area (Å²) in [6.45, 7) is 5.99. The predicted molar refractivity (Wildman–Crippen MR) is 67.7 cm³/mol. The van der Waals surface area contributed by atoms with Gasteiger partial charge < -0.3 is 23.7 Å². The molecule has 1 aliphatic carbocycles. The van der Waals surface area contributed by atoms with Crippen LogP contribution >= 0.6 is 0 Å². The summed E-state index contributed by atoms with van der Waals surface area (Å²) in [5, 5.41) is 0. The number of fused-ring (bicyclic) bond motifs is 5. The number of rotatable bonds is 4. The predicted octanol–water partition coefficient (Wildman–Crippen LogP) is 1.08. The lowest BCUT2D eigenvalue weighted by Crippen LogP contribution is -2.41. The zero-order valence-electron chi connectivity index (χ0n) is 12.3. The third-order valence-corrected chi connectivity index (χ3v) is 4.33. The molecule has 0 unspecified atom stereocenters. The van der Waals surface area contributed by atoms with Crippen LogP contribution in [0.5, 0.6) is 0 Å². The van der Waals surface area contributed by atoms with E-state index in [4.69, 9.17) is 23.7 Å². The van der Waals surface area contributed by atoms with Crippen LogP contribution in [0.25, 0.3) is 0 Å². The lowest BCUT2D eigenvalue weighted by molar-refractivity contribution is -0.189. The highest BCUT2D eigenvalue weighted by molar-refractivity contribution is 5.70. The number of hydrogen-bond acceptors (Lipinski definition) is 6. The number of esters is 1. The summed E-state index contributed by atoms with van der Waals surface area (Å²) in [6.07, 6.45) is -0.378. The first-order valence-electron chi connectivity index (χ1n) is 7.16. The Labute approximate surface area is 118 Å². The first-order chi connectivity index (χ1) is 9.46. The smallest absolute Gasteiger partial charge is 0.306 e. The Morgan fingerprint density at radius 2 is 1.90 bits per heavy atom. The third kappa shape index (κ3) is 2.15. The van der Waals surface area contributed by atoms with Crippen LogP contribution in [0, 0.1) is 11.8 Å². The summed E-state index contributed by atoms with van der Waals surface area (Å²) in [4.78, 5) is 11.8. The Morgan fingerprint density at radius 3 is 2.55 bits per heavy atom. The van der Waals surface area contributed by atoms with Crippen molar-refractivity contribution < 1.29 is 28.5 Å². The van der Waals surface area contributed by atoms with Gasteiger partial charge in [0.25, 0.3) is 0 Å². The van der Waals surface area contributed by atoms with Crippen LogP contribution in [0.3, 0.4) is 0 Å². The number of carbonyl (C=O) groups is 1. The third-order valence-electron chi connectivity index (χ3n) is 4.33. The van der Waals surface area contributed by atoms with Crippen molar-refractivity contribution >= 4 is 5.97 Å². The Bertz CT molecular complexity index is 395. The van der Waals surface area contributed by atoms with E-state index in [2.05, 4.69) is 0 Å². The Hall–Kier alpha value is -0.690. The van der Waals surface area contributed by atoms with Gasteiger partial charge in [0.15, 0.2) is 12.1 Å². The van der Waals surface area contributed by atoms with Crippen LogP contribution in [0.1, 0.15) is 27.2 Å². The molecule has 0 aromatic rings. The number of hydrogen-bond donors (Lipinski definition) is 0. The molecule has 0 amide bonds. The average molecular weight is 286 g/mol. The fourth-order valence-corrected chi connectivity index (χ4v) is 3.73. The van der Waals surface area contributed by atoms with Gasteiger partial charge >= 0.3 is 5.97 Å². The molecule has 1 saturated carbocycles. The van der Waals surface area contributed by atoms with Gasteiger partial charge in [-0.1, -0.05) is 0 Å². The molecule has 2 saturated heterocycles. The summed E-state index contributed by atoms with van der Waals surface area (Å²) in [5.41, 5.74) is 0. The van der Waals surface area contributed by atoms with Gasteiger partial charge in [-0.15, -0.1) is 0 Å². The second-order valence-corrected chi connectivity index (χ2v) is 6.02. The zero-order chi connectivity index (χ0) is 14.5. The summed E-state index contributed by atoms with van der Waals surface area (Å²) in [5.74, 6) is -0.759. The van der Waals surface area contributed by atoms with Gasteiger partial charge in [0.1, 0.15) is 6.10 Å². The van der Waals surface area contributed by atoms with Gasteiger partial charge in [-0.2, -0.15) is 0 Å². The largest absolute Gasteiger partial charge is 0.466 e. The average Bonchev–Trinajstić information content (AvgIpc) is 2.94. The van der Waals surface area contributed by atoms with E-state index in [1.807, 2.05) is 13.8 Å². The molecule has 114 valence electrons. The zero-order valence-corrected chi connectivity index (χ0v) is 12.3. The molecule has 0 N–H and O–H groups in total. The van der Waals surface area contributed by atoms with E-state index >= 15 is 0 Å². The van der Waals surface area contributed by atoms with E-state index in [0.717, 1.165) is 0 Å². The SMILES string of the molecule is CCOC(=O)C[C@H]1[C@H]2O[C@@H](OC)[C@@H]1[C@H]1OC(C)(C)O[C@@H]21. The summed E-state index contributed by atoms with van der Waals surface area (Å²) < 4.78 is 28.2. The van der Waals surface area contributed by atoms with Crippen LogP contribution in [0.2, 0.25) is 0 Å². The van der Waals surface area contributed by atoms with E-state index in [-0.39, 0.29) is 42.4 Å². The number of methoxy groups -OCH3 is 1. The first kappa shape index (κ1) is 14.3. The molecule has 2 bridgehead atoms. The number of carbonyl (C=O) groups excluding carboxylic acids is 1. The Kier molecular flexibility index (Phi) is 3.52. The molecule has 2 aliphatic heterocycles. The van der Waals surface area contributed by atoms with Gasteiger partial charge in [-0.25, -0.2) is 0 Å². The minimum atomic E-state index is -0.604. The highest BCUT2D eigenvalue weighted by Crippen LogP contribution is 2.54. The van der Waals surface area contributed by atoms with Gasteiger partial charge in [0.05, 0.1) is 25.2 Å². The van der Waals surface area contributed by atoms with E-state index < -0.39 is 5.79 Å². The van der Waals surface area contributed by atoms with Crippen LogP contribution in [-0.2, 0) is 28.5 Å². The van der Waals surface area contributed by atoms with E-state index in [9.17, 15) is 4.79 Å². The lowest BCUT2D eigenvalue weighted by atomic mass is 9.92. The molecule has 0 aromatic heterocycles. The lowest BCUT2D eigenvalue weighted by Gasteiger charge is -2.28. The van der Waals surface area contributed by atoms with Crippen molar-refractivity contribution in [1.29, 1.82) is 0 Å². The standard InChI is InChI=1S/C14H22O6/c1-5-17-8(15)6-7-9-11-12(20-14(2,3)19-11)10(7)18-13(9)16-4/h7,9-13H,5-6H2,1-4H3/t7-,9+,10-,11-,12+,13-/m1/s1. The molecular weight excluding hydrogens is 264 g/mol. The quantitative estimate of drug-likeness (QED) is 0.721. The van der Waals surface area contributed by atoms with E-state index in [1.54, 1.807) is 14.0 Å². The van der Waals surface area contributed by atoms with Crippen molar-refractivity contribution in [2.45, 2.75) is 57.6 Å². The van der Waals surface area contributed by atoms with Crippen LogP contribution in [0.15, 0.2) is 0 Å². The first-order valence-corrected chi connectivity index (χ1v) is 7.16. The van der Waals surface area contributed by atoms with Gasteiger partial charge in [0, 0.05) is 18.9 Å². The van der Waals surface area contributed by atoms with Crippen molar-refractivity contribution in [3.05, 3.63) is 0 Å². The summed E-state index contributed by atoms with van der Waals surface area (Å²) in [7, 11) is 1.61. The maximum Gasteiger partial charge on any atom is 0.306 e. The summed E-state index contributed by atoms with van der Waals surface area (Å²) >= 11 is 0. The fraction of sp³-hybridized carbons (Fsp3) is 0.929. The van der Waals surface area contributed by atoms with Crippen LogP contribution in [-0.4, -0.2) is 50.1 Å². The monoisotopic (exact) mass is 286 g/mol.